The lowest BCUT2D eigenvalue weighted by Gasteiger charge is -2.13. The molecular formula is C26H29N5O5. The Hall–Kier alpha value is -4.34. The second kappa shape index (κ2) is 12.4. The summed E-state index contributed by atoms with van der Waals surface area (Å²) in [6, 6.07) is 12.3. The number of rotatable bonds is 1. The van der Waals surface area contributed by atoms with E-state index in [4.69, 9.17) is 14.2 Å². The summed E-state index contributed by atoms with van der Waals surface area (Å²) in [5.41, 5.74) is 1.89. The third kappa shape index (κ3) is 7.08. The number of nitrogens with one attached hydrogen (secondary N) is 2. The van der Waals surface area contributed by atoms with E-state index in [1.165, 1.54) is 7.11 Å². The molecule has 10 heteroatoms. The van der Waals surface area contributed by atoms with Crippen molar-refractivity contribution in [3.05, 3.63) is 65.7 Å². The van der Waals surface area contributed by atoms with E-state index in [2.05, 4.69) is 37.7 Å². The molecule has 5 rings (SSSR count). The molecule has 6 bridgehead atoms. The van der Waals surface area contributed by atoms with E-state index >= 15 is 0 Å². The number of esters is 1. The Bertz CT molecular complexity index is 1200. The van der Waals surface area contributed by atoms with Gasteiger partial charge in [0.1, 0.15) is 17.1 Å². The van der Waals surface area contributed by atoms with Gasteiger partial charge >= 0.3 is 12.0 Å². The van der Waals surface area contributed by atoms with Crippen LogP contribution in [0.3, 0.4) is 0 Å². The molecule has 3 aromatic rings. The molecule has 0 atom stereocenters. The van der Waals surface area contributed by atoms with Crippen molar-refractivity contribution in [3.63, 3.8) is 0 Å². The van der Waals surface area contributed by atoms with E-state index < -0.39 is 12.0 Å². The van der Waals surface area contributed by atoms with Crippen molar-refractivity contribution >= 4 is 23.6 Å². The minimum absolute atomic E-state index is 0.133. The van der Waals surface area contributed by atoms with E-state index in [1.807, 2.05) is 24.3 Å². The van der Waals surface area contributed by atoms with Crippen LogP contribution in [0.15, 0.2) is 54.6 Å². The monoisotopic (exact) mass is 491 g/mol. The van der Waals surface area contributed by atoms with Crippen LogP contribution in [0.5, 0.6) is 17.5 Å². The standard InChI is InChI=1S/C26H29N5O5/c1-34-23(32)21-13-10-19-16-22(21)36-15-7-5-3-2-4-6-14-35-20-11-8-18(9-12-20)17-27-24-29-25(28-19)31-26(33)30-24/h2-3,8-13,16H,4-7,14-15,17H2,1H3,(H3,27,28,29,30,31,33). The van der Waals surface area contributed by atoms with Gasteiger partial charge < -0.3 is 30.0 Å². The average Bonchev–Trinajstić information content (AvgIpc) is 2.88. The molecule has 0 saturated carbocycles. The number of methoxy groups -OCH3 is 1. The first kappa shape index (κ1) is 24.8. The van der Waals surface area contributed by atoms with Gasteiger partial charge in [-0.1, -0.05) is 24.3 Å². The lowest BCUT2D eigenvalue weighted by molar-refractivity contribution is 0.0596. The molecule has 10 nitrogen and oxygen atoms in total. The maximum atomic E-state index is 12.2. The van der Waals surface area contributed by atoms with Crippen molar-refractivity contribution in [1.29, 1.82) is 0 Å². The third-order valence-corrected chi connectivity index (χ3v) is 5.36. The first-order valence-corrected chi connectivity index (χ1v) is 11.8. The third-order valence-electron chi connectivity index (χ3n) is 5.36. The molecule has 0 radical (unpaired) electrons. The van der Waals surface area contributed by atoms with Crippen LogP contribution < -0.4 is 20.1 Å². The Morgan fingerprint density at radius 3 is 2.42 bits per heavy atom. The number of aromatic nitrogens is 3. The Kier molecular flexibility index (Phi) is 8.53. The maximum Gasteiger partial charge on any atom is 0.341 e. The Morgan fingerprint density at radius 2 is 1.67 bits per heavy atom. The first-order valence-electron chi connectivity index (χ1n) is 11.8. The fourth-order valence-electron chi connectivity index (χ4n) is 3.52. The van der Waals surface area contributed by atoms with Gasteiger partial charge in [0.05, 0.1) is 20.3 Å². The number of aromatic hydroxyl groups is 1. The highest BCUT2D eigenvalue weighted by Crippen LogP contribution is 2.27. The number of hydrogen-bond donors (Lipinski definition) is 3. The van der Waals surface area contributed by atoms with Gasteiger partial charge in [-0.05, 0) is 55.5 Å². The molecule has 2 aliphatic rings. The molecule has 0 unspecified atom stereocenters. The average molecular weight is 492 g/mol. The van der Waals surface area contributed by atoms with Crippen molar-refractivity contribution in [2.75, 3.05) is 31.0 Å². The van der Waals surface area contributed by atoms with Crippen LogP contribution in [0.4, 0.5) is 17.6 Å². The Balaban J connectivity index is 1.57. The molecule has 3 N–H and O–H groups in total. The minimum atomic E-state index is -0.492. The first-order chi connectivity index (χ1) is 17.6. The Morgan fingerprint density at radius 1 is 0.944 bits per heavy atom. The van der Waals surface area contributed by atoms with Crippen LogP contribution in [0.2, 0.25) is 0 Å². The molecule has 0 amide bonds. The molecule has 3 heterocycles. The quantitative estimate of drug-likeness (QED) is 0.328. The lowest BCUT2D eigenvalue weighted by atomic mass is 10.1. The number of anilines is 3. The fourth-order valence-corrected chi connectivity index (χ4v) is 3.52. The number of carbonyl (C=O) groups is 1. The molecule has 1 aromatic heterocycles. The summed E-state index contributed by atoms with van der Waals surface area (Å²) >= 11 is 0. The normalized spacial score (nSPS) is 14.5. The predicted molar refractivity (Wildman–Crippen MR) is 135 cm³/mol. The second-order valence-electron chi connectivity index (χ2n) is 8.06. The topological polar surface area (TPSA) is 128 Å². The number of fused-ring (bicyclic) bond motifs is 11. The molecule has 188 valence electrons. The van der Waals surface area contributed by atoms with Gasteiger partial charge in [0.25, 0.3) is 0 Å². The van der Waals surface area contributed by atoms with Gasteiger partial charge in [0.2, 0.25) is 11.9 Å². The van der Waals surface area contributed by atoms with Gasteiger partial charge in [0.15, 0.2) is 0 Å². The van der Waals surface area contributed by atoms with E-state index in [9.17, 15) is 9.90 Å². The van der Waals surface area contributed by atoms with Crippen molar-refractivity contribution in [1.82, 2.24) is 15.0 Å². The second-order valence-corrected chi connectivity index (χ2v) is 8.06. The molecule has 0 spiro atoms. The van der Waals surface area contributed by atoms with Crippen LogP contribution in [-0.2, 0) is 11.3 Å². The molecular weight excluding hydrogens is 462 g/mol. The molecule has 36 heavy (non-hydrogen) atoms. The van der Waals surface area contributed by atoms with Gasteiger partial charge in [-0.15, -0.1) is 0 Å². The van der Waals surface area contributed by atoms with Crippen LogP contribution in [0, 0.1) is 0 Å². The summed E-state index contributed by atoms with van der Waals surface area (Å²) in [5.74, 6) is 1.04. The van der Waals surface area contributed by atoms with Crippen LogP contribution >= 0.6 is 0 Å². The zero-order valence-electron chi connectivity index (χ0n) is 20.1. The smallest absolute Gasteiger partial charge is 0.341 e. The summed E-state index contributed by atoms with van der Waals surface area (Å²) in [5, 5.41) is 16.1. The maximum absolute atomic E-state index is 12.2. The zero-order chi connectivity index (χ0) is 25.2. The summed E-state index contributed by atoms with van der Waals surface area (Å²) in [6.45, 7) is 1.51. The van der Waals surface area contributed by atoms with Crippen molar-refractivity contribution in [2.24, 2.45) is 0 Å². The highest BCUT2D eigenvalue weighted by Gasteiger charge is 2.15. The SMILES string of the molecule is COC(=O)c1ccc2cc1OCCCC=CCCCOc1ccc(cc1)CNc1nc(O)nc(n1)N2. The van der Waals surface area contributed by atoms with E-state index in [0.717, 1.165) is 37.0 Å². The predicted octanol–water partition coefficient (Wildman–Crippen LogP) is 4.61. The van der Waals surface area contributed by atoms with E-state index in [-0.39, 0.29) is 11.9 Å². The number of benzene rings is 2. The zero-order valence-corrected chi connectivity index (χ0v) is 20.1. The number of carbonyl (C=O) groups excluding carboxylic acids is 1. The van der Waals surface area contributed by atoms with Gasteiger partial charge in [0, 0.05) is 18.3 Å². The minimum Gasteiger partial charge on any atom is -0.494 e. The van der Waals surface area contributed by atoms with Gasteiger partial charge in [-0.25, -0.2) is 4.79 Å². The van der Waals surface area contributed by atoms with E-state index in [0.29, 0.717) is 36.8 Å². The van der Waals surface area contributed by atoms with E-state index in [1.54, 1.807) is 18.2 Å². The summed E-state index contributed by atoms with van der Waals surface area (Å²) < 4.78 is 16.6. The van der Waals surface area contributed by atoms with Crippen molar-refractivity contribution in [2.45, 2.75) is 32.2 Å². The summed E-state index contributed by atoms with van der Waals surface area (Å²) in [4.78, 5) is 24.4. The number of allylic oxidation sites excluding steroid dienone is 2. The lowest BCUT2D eigenvalue weighted by Crippen LogP contribution is -2.09. The molecule has 0 aliphatic carbocycles. The van der Waals surface area contributed by atoms with Crippen molar-refractivity contribution in [3.8, 4) is 17.5 Å². The van der Waals surface area contributed by atoms with Crippen LogP contribution in [-0.4, -0.2) is 46.4 Å². The number of hydrogen-bond acceptors (Lipinski definition) is 10. The fraction of sp³-hybridized carbons (Fsp3) is 0.308. The molecule has 0 saturated heterocycles. The van der Waals surface area contributed by atoms with Gasteiger partial charge in [-0.3, -0.25) is 0 Å². The van der Waals surface area contributed by atoms with Crippen LogP contribution in [0.25, 0.3) is 0 Å². The molecule has 0 fully saturated rings. The highest BCUT2D eigenvalue weighted by molar-refractivity contribution is 5.93. The van der Waals surface area contributed by atoms with Gasteiger partial charge in [-0.2, -0.15) is 15.0 Å². The largest absolute Gasteiger partial charge is 0.494 e. The summed E-state index contributed by atoms with van der Waals surface area (Å²) in [7, 11) is 1.32. The number of ether oxygens (including phenoxy) is 3. The highest BCUT2D eigenvalue weighted by atomic mass is 16.5. The summed E-state index contributed by atoms with van der Waals surface area (Å²) in [6.07, 6.45) is 7.77. The Labute approximate surface area is 209 Å². The van der Waals surface area contributed by atoms with Crippen LogP contribution in [0.1, 0.15) is 41.6 Å². The van der Waals surface area contributed by atoms with Crippen molar-refractivity contribution < 1.29 is 24.1 Å². The molecule has 2 aromatic carbocycles. The number of nitrogens with zero attached hydrogens (tertiary/aromatic N) is 3. The molecule has 2 aliphatic heterocycles.